The van der Waals surface area contributed by atoms with Crippen LogP contribution in [-0.4, -0.2) is 74.0 Å². The minimum Gasteiger partial charge on any atom is -0.444 e. The van der Waals surface area contributed by atoms with Crippen molar-refractivity contribution < 1.29 is 9.53 Å². The third-order valence-corrected chi connectivity index (χ3v) is 6.71. The van der Waals surface area contributed by atoms with Crippen LogP contribution in [-0.2, 0) is 18.8 Å². The van der Waals surface area contributed by atoms with E-state index in [1.165, 1.54) is 4.52 Å². The number of rotatable bonds is 3. The Hall–Kier alpha value is -4.88. The summed E-state index contributed by atoms with van der Waals surface area (Å²) in [5.74, 6) is 0.564. The number of H-pyrrole nitrogens is 2. The minimum atomic E-state index is -0.538. The lowest BCUT2D eigenvalue weighted by molar-refractivity contribution is 0.0197. The van der Waals surface area contributed by atoms with E-state index in [-0.39, 0.29) is 17.6 Å². The molecule has 6 heterocycles. The van der Waals surface area contributed by atoms with Gasteiger partial charge in [-0.3, -0.25) is 24.4 Å². The zero-order valence-corrected chi connectivity index (χ0v) is 23.8. The van der Waals surface area contributed by atoms with Crippen LogP contribution in [0.15, 0.2) is 48.0 Å². The number of hydrogen-bond donors (Lipinski definition) is 3. The second-order valence-corrected chi connectivity index (χ2v) is 11.1. The van der Waals surface area contributed by atoms with E-state index in [0.29, 0.717) is 30.2 Å². The van der Waals surface area contributed by atoms with Crippen molar-refractivity contribution >= 4 is 17.6 Å². The highest BCUT2D eigenvalue weighted by Crippen LogP contribution is 2.28. The van der Waals surface area contributed by atoms with E-state index in [9.17, 15) is 9.59 Å². The van der Waals surface area contributed by atoms with Gasteiger partial charge < -0.3 is 15.4 Å². The second kappa shape index (κ2) is 10.9. The molecule has 1 aliphatic rings. The third kappa shape index (κ3) is 6.15. The summed E-state index contributed by atoms with van der Waals surface area (Å²) in [5.41, 5.74) is 9.75. The zero-order chi connectivity index (χ0) is 29.3. The fourth-order valence-corrected chi connectivity index (χ4v) is 4.78. The molecule has 0 bridgehead atoms. The molecule has 14 heteroatoms. The molecule has 1 fully saturated rings. The number of nitrogens with one attached hydrogen (secondary N) is 2. The van der Waals surface area contributed by atoms with Crippen molar-refractivity contribution in [1.82, 2.24) is 49.3 Å². The lowest BCUT2D eigenvalue weighted by Crippen LogP contribution is -2.42. The maximum Gasteiger partial charge on any atom is 0.410 e. The van der Waals surface area contributed by atoms with E-state index in [4.69, 9.17) is 15.5 Å². The maximum absolute atomic E-state index is 12.7. The van der Waals surface area contributed by atoms with Crippen LogP contribution in [0.5, 0.6) is 0 Å². The van der Waals surface area contributed by atoms with Gasteiger partial charge in [0.1, 0.15) is 11.4 Å². The highest BCUT2D eigenvalue weighted by Gasteiger charge is 2.29. The Bertz CT molecular complexity index is 1720. The van der Waals surface area contributed by atoms with E-state index in [1.54, 1.807) is 45.1 Å². The Morgan fingerprint density at radius 2 is 1.76 bits per heavy atom. The average Bonchev–Trinajstić information content (AvgIpc) is 3.71. The predicted octanol–water partition coefficient (Wildman–Crippen LogP) is 2.93. The molecule has 0 aromatic carbocycles. The summed E-state index contributed by atoms with van der Waals surface area (Å²) in [7, 11) is 3.70. The van der Waals surface area contributed by atoms with Gasteiger partial charge in [0.2, 0.25) is 0 Å². The van der Waals surface area contributed by atoms with Crippen molar-refractivity contribution in [2.75, 3.05) is 18.8 Å². The number of aryl methyl sites for hydroxylation is 2. The number of hydrogen-bond acceptors (Lipinski definition) is 8. The summed E-state index contributed by atoms with van der Waals surface area (Å²) in [4.78, 5) is 31.6. The van der Waals surface area contributed by atoms with Gasteiger partial charge in [-0.2, -0.15) is 15.3 Å². The van der Waals surface area contributed by atoms with Crippen molar-refractivity contribution in [2.24, 2.45) is 14.1 Å². The van der Waals surface area contributed by atoms with Crippen LogP contribution in [0.1, 0.15) is 45.2 Å². The van der Waals surface area contributed by atoms with Crippen molar-refractivity contribution in [2.45, 2.75) is 45.1 Å². The van der Waals surface area contributed by atoms with Crippen LogP contribution >= 0.6 is 0 Å². The Kier molecular flexibility index (Phi) is 7.39. The van der Waals surface area contributed by atoms with Crippen LogP contribution in [0.25, 0.3) is 27.9 Å². The van der Waals surface area contributed by atoms with Crippen molar-refractivity contribution in [3.63, 3.8) is 0 Å². The first-order valence-corrected chi connectivity index (χ1v) is 13.3. The SMILES string of the molecule is Cn1cc(-c2c[nH]n3c(=O)cc(C4CCCN(C(=O)OC(C)(C)C)C4)nc23)cn1.Cn1cc(-c2cn[nH]c2N)cn1. The van der Waals surface area contributed by atoms with Crippen LogP contribution in [0.3, 0.4) is 0 Å². The smallest absolute Gasteiger partial charge is 0.410 e. The predicted molar refractivity (Wildman–Crippen MR) is 153 cm³/mol. The molecular weight excluding hydrogens is 526 g/mol. The summed E-state index contributed by atoms with van der Waals surface area (Å²) in [6, 6.07) is 1.56. The lowest BCUT2D eigenvalue weighted by Gasteiger charge is -2.33. The first-order chi connectivity index (χ1) is 19.5. The minimum absolute atomic E-state index is 0.00869. The first kappa shape index (κ1) is 27.7. The van der Waals surface area contributed by atoms with Crippen LogP contribution in [0, 0.1) is 0 Å². The number of aromatic amines is 2. The Balaban J connectivity index is 0.000000234. The third-order valence-electron chi connectivity index (χ3n) is 6.71. The van der Waals surface area contributed by atoms with Gasteiger partial charge in [-0.05, 0) is 33.6 Å². The lowest BCUT2D eigenvalue weighted by atomic mass is 9.94. The largest absolute Gasteiger partial charge is 0.444 e. The molecule has 1 aliphatic heterocycles. The molecule has 1 amide bonds. The zero-order valence-electron chi connectivity index (χ0n) is 23.8. The van der Waals surface area contributed by atoms with E-state index >= 15 is 0 Å². The van der Waals surface area contributed by atoms with Gasteiger partial charge in [0, 0.05) is 80.0 Å². The molecular formula is C27H35N11O3. The molecule has 41 heavy (non-hydrogen) atoms. The van der Waals surface area contributed by atoms with E-state index < -0.39 is 5.60 Å². The first-order valence-electron chi connectivity index (χ1n) is 13.3. The molecule has 0 spiro atoms. The normalized spacial score (nSPS) is 15.5. The number of likely N-dealkylation sites (tertiary alicyclic amines) is 1. The monoisotopic (exact) mass is 561 g/mol. The van der Waals surface area contributed by atoms with Crippen LogP contribution < -0.4 is 11.3 Å². The van der Waals surface area contributed by atoms with E-state index in [0.717, 1.165) is 35.1 Å². The Morgan fingerprint density at radius 3 is 2.34 bits per heavy atom. The number of aromatic nitrogens is 9. The van der Waals surface area contributed by atoms with Crippen molar-refractivity contribution in [3.8, 4) is 22.3 Å². The average molecular weight is 562 g/mol. The van der Waals surface area contributed by atoms with Crippen molar-refractivity contribution in [3.05, 3.63) is 59.3 Å². The number of anilines is 1. The number of carbonyl (C=O) groups is 1. The summed E-state index contributed by atoms with van der Waals surface area (Å²) in [6.45, 7) is 6.71. The van der Waals surface area contributed by atoms with Gasteiger partial charge in [0.15, 0.2) is 5.65 Å². The van der Waals surface area contributed by atoms with E-state index in [2.05, 4.69) is 25.5 Å². The molecule has 5 aromatic rings. The molecule has 1 unspecified atom stereocenters. The van der Waals surface area contributed by atoms with Gasteiger partial charge in [-0.15, -0.1) is 0 Å². The van der Waals surface area contributed by atoms with Crippen LogP contribution in [0.2, 0.25) is 0 Å². The Morgan fingerprint density at radius 1 is 1.07 bits per heavy atom. The number of piperidine rings is 1. The fourth-order valence-electron chi connectivity index (χ4n) is 4.78. The summed E-state index contributed by atoms with van der Waals surface area (Å²) < 4.78 is 10.4. The number of ether oxygens (including phenoxy) is 1. The summed E-state index contributed by atoms with van der Waals surface area (Å²) in [5, 5.41) is 17.7. The highest BCUT2D eigenvalue weighted by atomic mass is 16.6. The van der Waals surface area contributed by atoms with Gasteiger partial charge >= 0.3 is 6.09 Å². The molecule has 14 nitrogen and oxygen atoms in total. The van der Waals surface area contributed by atoms with E-state index in [1.807, 2.05) is 47.3 Å². The number of carbonyl (C=O) groups excluding carboxylic acids is 1. The summed E-state index contributed by atoms with van der Waals surface area (Å²) in [6.07, 6.45) is 12.1. The van der Waals surface area contributed by atoms with Gasteiger partial charge in [-0.1, -0.05) is 0 Å². The molecule has 1 saturated heterocycles. The number of nitrogen functional groups attached to an aromatic ring is 1. The molecule has 0 saturated carbocycles. The number of nitrogens with zero attached hydrogens (tertiary/aromatic N) is 8. The number of fused-ring (bicyclic) bond motifs is 1. The molecule has 0 radical (unpaired) electrons. The topological polar surface area (TPSA) is 170 Å². The maximum atomic E-state index is 12.7. The fraction of sp³-hybridized carbons (Fsp3) is 0.407. The number of amides is 1. The highest BCUT2D eigenvalue weighted by molar-refractivity contribution is 5.76. The summed E-state index contributed by atoms with van der Waals surface area (Å²) >= 11 is 0. The molecule has 0 aliphatic carbocycles. The standard InChI is InChI=1S/C20H26N6O3.C7H9N5/c1-20(2,3)29-19(28)25-7-5-6-13(12-25)16-8-17(27)26-18(23-16)15(10-22-26)14-9-21-24(4)11-14;1-12-4-5(2-10-12)6-3-9-11-7(6)8/h8-11,13,22H,5-7,12H2,1-4H3;2-4H,1H3,(H3,8,9,11). The molecule has 216 valence electrons. The van der Waals surface area contributed by atoms with Crippen LogP contribution in [0.4, 0.5) is 10.6 Å². The quantitative estimate of drug-likeness (QED) is 0.302. The van der Waals surface area contributed by atoms with Gasteiger partial charge in [-0.25, -0.2) is 14.3 Å². The number of nitrogens with two attached hydrogens (primary N) is 1. The van der Waals surface area contributed by atoms with Gasteiger partial charge in [0.25, 0.3) is 5.56 Å². The molecule has 4 N–H and O–H groups in total. The van der Waals surface area contributed by atoms with Crippen molar-refractivity contribution in [1.29, 1.82) is 0 Å². The second-order valence-electron chi connectivity index (χ2n) is 11.1. The molecule has 6 rings (SSSR count). The molecule has 1 atom stereocenters. The molecule has 5 aromatic heterocycles. The van der Waals surface area contributed by atoms with Gasteiger partial charge in [0.05, 0.1) is 24.3 Å². The Labute approximate surface area is 236 Å².